The highest BCUT2D eigenvalue weighted by molar-refractivity contribution is 9.10. The molecule has 1 rings (SSSR count). The van der Waals surface area contributed by atoms with Crippen LogP contribution in [0, 0.1) is 0 Å². The second-order valence-corrected chi connectivity index (χ2v) is 5.82. The summed E-state index contributed by atoms with van der Waals surface area (Å²) in [5.41, 5.74) is 0. The van der Waals surface area contributed by atoms with Gasteiger partial charge in [0.05, 0.1) is 0 Å². The lowest BCUT2D eigenvalue weighted by atomic mass is 10.2. The summed E-state index contributed by atoms with van der Waals surface area (Å²) in [6, 6.07) is 6.03. The molecule has 2 atom stereocenters. The van der Waals surface area contributed by atoms with E-state index in [1.165, 1.54) is 0 Å². The molecule has 1 N–H and O–H groups in total. The lowest BCUT2D eigenvalue weighted by molar-refractivity contribution is 0.678. The molecular weight excluding hydrogens is 276 g/mol. The zero-order valence-corrected chi connectivity index (χ0v) is 11.3. The standard InChI is InChI=1S/C10H15BrN2OS/c1-8(6-7-15(2)14)12-10-5-3-4-9(11)13-10/h3-5,8H,6-7H2,1-2H3,(H,12,13). The molecule has 5 heteroatoms. The van der Waals surface area contributed by atoms with Gasteiger partial charge in [0.15, 0.2) is 0 Å². The first-order valence-corrected chi connectivity index (χ1v) is 7.29. The topological polar surface area (TPSA) is 42.0 Å². The van der Waals surface area contributed by atoms with Crippen molar-refractivity contribution < 1.29 is 4.21 Å². The van der Waals surface area contributed by atoms with Gasteiger partial charge in [0.25, 0.3) is 0 Å². The number of nitrogens with zero attached hydrogens (tertiary/aromatic N) is 1. The minimum Gasteiger partial charge on any atom is -0.368 e. The molecule has 0 radical (unpaired) electrons. The van der Waals surface area contributed by atoms with E-state index in [-0.39, 0.29) is 6.04 Å². The van der Waals surface area contributed by atoms with Crippen LogP contribution in [0.4, 0.5) is 5.82 Å². The predicted octanol–water partition coefficient (Wildman–Crippen LogP) is 2.41. The number of pyridine rings is 1. The van der Waals surface area contributed by atoms with Crippen molar-refractivity contribution in [3.05, 3.63) is 22.8 Å². The zero-order valence-electron chi connectivity index (χ0n) is 8.87. The molecule has 1 aromatic rings. The van der Waals surface area contributed by atoms with Crippen LogP contribution in [0.3, 0.4) is 0 Å². The second kappa shape index (κ2) is 6.23. The third-order valence-electron chi connectivity index (χ3n) is 1.95. The molecule has 0 aliphatic carbocycles. The molecule has 0 aromatic carbocycles. The molecule has 0 bridgehead atoms. The highest BCUT2D eigenvalue weighted by Crippen LogP contribution is 2.11. The van der Waals surface area contributed by atoms with Crippen molar-refractivity contribution in [3.8, 4) is 0 Å². The molecule has 0 saturated heterocycles. The first-order valence-electron chi connectivity index (χ1n) is 4.77. The van der Waals surface area contributed by atoms with Crippen LogP contribution in [0.2, 0.25) is 0 Å². The van der Waals surface area contributed by atoms with Crippen molar-refractivity contribution in [2.75, 3.05) is 17.3 Å². The van der Waals surface area contributed by atoms with Crippen molar-refractivity contribution >= 4 is 32.5 Å². The SMILES string of the molecule is CC(CCS(C)=O)Nc1cccc(Br)n1. The summed E-state index contributed by atoms with van der Waals surface area (Å²) >= 11 is 3.31. The molecule has 84 valence electrons. The van der Waals surface area contributed by atoms with Gasteiger partial charge in [-0.1, -0.05) is 6.07 Å². The Hall–Kier alpha value is -0.420. The minimum absolute atomic E-state index is 0.288. The smallest absolute Gasteiger partial charge is 0.127 e. The van der Waals surface area contributed by atoms with Crippen molar-refractivity contribution in [1.82, 2.24) is 4.98 Å². The molecule has 0 fully saturated rings. The summed E-state index contributed by atoms with van der Waals surface area (Å²) in [6.45, 7) is 2.06. The average molecular weight is 291 g/mol. The fourth-order valence-corrected chi connectivity index (χ4v) is 2.19. The van der Waals surface area contributed by atoms with E-state index in [1.807, 2.05) is 18.2 Å². The minimum atomic E-state index is -0.718. The van der Waals surface area contributed by atoms with Crippen LogP contribution < -0.4 is 5.32 Å². The maximum Gasteiger partial charge on any atom is 0.127 e. The van der Waals surface area contributed by atoms with Gasteiger partial charge in [-0.15, -0.1) is 0 Å². The van der Waals surface area contributed by atoms with E-state index in [4.69, 9.17) is 0 Å². The van der Waals surface area contributed by atoms with E-state index in [2.05, 4.69) is 33.2 Å². The molecule has 2 unspecified atom stereocenters. The average Bonchev–Trinajstić information content (AvgIpc) is 2.15. The molecule has 1 heterocycles. The van der Waals surface area contributed by atoms with Crippen molar-refractivity contribution in [2.45, 2.75) is 19.4 Å². The Bertz CT molecular complexity index is 346. The van der Waals surface area contributed by atoms with E-state index in [0.717, 1.165) is 22.6 Å². The first kappa shape index (κ1) is 12.6. The summed E-state index contributed by atoms with van der Waals surface area (Å²) < 4.78 is 11.7. The van der Waals surface area contributed by atoms with Gasteiger partial charge >= 0.3 is 0 Å². The lowest BCUT2D eigenvalue weighted by Crippen LogP contribution is -2.18. The number of hydrogen-bond acceptors (Lipinski definition) is 3. The van der Waals surface area contributed by atoms with E-state index in [0.29, 0.717) is 0 Å². The summed E-state index contributed by atoms with van der Waals surface area (Å²) in [7, 11) is -0.718. The van der Waals surface area contributed by atoms with Gasteiger partial charge in [-0.25, -0.2) is 4.98 Å². The molecule has 0 spiro atoms. The van der Waals surface area contributed by atoms with Crippen LogP contribution in [0.25, 0.3) is 0 Å². The summed E-state index contributed by atoms with van der Waals surface area (Å²) in [6.07, 6.45) is 2.61. The van der Waals surface area contributed by atoms with Crippen LogP contribution >= 0.6 is 15.9 Å². The normalized spacial score (nSPS) is 14.6. The van der Waals surface area contributed by atoms with Gasteiger partial charge in [-0.2, -0.15) is 0 Å². The number of halogens is 1. The maximum atomic E-state index is 10.9. The van der Waals surface area contributed by atoms with Crippen molar-refractivity contribution in [2.24, 2.45) is 0 Å². The number of aromatic nitrogens is 1. The quantitative estimate of drug-likeness (QED) is 0.847. The molecule has 15 heavy (non-hydrogen) atoms. The summed E-state index contributed by atoms with van der Waals surface area (Å²) in [4.78, 5) is 4.27. The summed E-state index contributed by atoms with van der Waals surface area (Å²) in [5.74, 6) is 1.57. The first-order chi connectivity index (χ1) is 7.08. The third-order valence-corrected chi connectivity index (χ3v) is 3.20. The van der Waals surface area contributed by atoms with Crippen molar-refractivity contribution in [3.63, 3.8) is 0 Å². The molecule has 0 saturated carbocycles. The Morgan fingerprint density at radius 1 is 1.60 bits per heavy atom. The Balaban J connectivity index is 2.44. The molecule has 3 nitrogen and oxygen atoms in total. The van der Waals surface area contributed by atoms with E-state index in [9.17, 15) is 4.21 Å². The second-order valence-electron chi connectivity index (χ2n) is 3.46. The third kappa shape index (κ3) is 5.28. The maximum absolute atomic E-state index is 10.9. The van der Waals surface area contributed by atoms with Crippen LogP contribution in [-0.4, -0.2) is 27.2 Å². The van der Waals surface area contributed by atoms with E-state index >= 15 is 0 Å². The number of anilines is 1. The number of hydrogen-bond donors (Lipinski definition) is 1. The Morgan fingerprint density at radius 2 is 2.33 bits per heavy atom. The van der Waals surface area contributed by atoms with Crippen LogP contribution in [0.15, 0.2) is 22.8 Å². The zero-order chi connectivity index (χ0) is 11.3. The molecule has 0 aliphatic rings. The Morgan fingerprint density at radius 3 is 2.93 bits per heavy atom. The summed E-state index contributed by atoms with van der Waals surface area (Å²) in [5, 5.41) is 3.26. The molecular formula is C10H15BrN2OS. The fourth-order valence-electron chi connectivity index (χ4n) is 1.16. The largest absolute Gasteiger partial charge is 0.368 e. The van der Waals surface area contributed by atoms with Crippen LogP contribution in [0.1, 0.15) is 13.3 Å². The van der Waals surface area contributed by atoms with Gasteiger partial charge < -0.3 is 5.32 Å². The van der Waals surface area contributed by atoms with Crippen molar-refractivity contribution in [1.29, 1.82) is 0 Å². The fraction of sp³-hybridized carbons (Fsp3) is 0.500. The molecule has 0 aliphatic heterocycles. The van der Waals surface area contributed by atoms with Crippen LogP contribution in [-0.2, 0) is 10.8 Å². The number of nitrogens with one attached hydrogen (secondary N) is 1. The van der Waals surface area contributed by atoms with Gasteiger partial charge in [-0.05, 0) is 41.4 Å². The van der Waals surface area contributed by atoms with Gasteiger partial charge in [0, 0.05) is 28.9 Å². The van der Waals surface area contributed by atoms with E-state index in [1.54, 1.807) is 6.26 Å². The van der Waals surface area contributed by atoms with Gasteiger partial charge in [0.2, 0.25) is 0 Å². The molecule has 1 aromatic heterocycles. The predicted molar refractivity (Wildman–Crippen MR) is 68.6 cm³/mol. The van der Waals surface area contributed by atoms with Gasteiger partial charge in [0.1, 0.15) is 10.4 Å². The Labute approximate surface area is 101 Å². The lowest BCUT2D eigenvalue weighted by Gasteiger charge is -2.13. The highest BCUT2D eigenvalue weighted by Gasteiger charge is 2.04. The molecule has 0 amide bonds. The monoisotopic (exact) mass is 290 g/mol. The van der Waals surface area contributed by atoms with Crippen LogP contribution in [0.5, 0.6) is 0 Å². The van der Waals surface area contributed by atoms with Gasteiger partial charge in [-0.3, -0.25) is 4.21 Å². The highest BCUT2D eigenvalue weighted by atomic mass is 79.9. The number of rotatable bonds is 5. The Kier molecular flexibility index (Phi) is 5.25. The van der Waals surface area contributed by atoms with E-state index < -0.39 is 10.8 Å².